The summed E-state index contributed by atoms with van der Waals surface area (Å²) >= 11 is 1.67. The number of morpholine rings is 1. The molecule has 1 saturated heterocycles. The smallest absolute Gasteiger partial charge is 0.306 e. The van der Waals surface area contributed by atoms with Gasteiger partial charge in [0.2, 0.25) is 0 Å². The van der Waals surface area contributed by atoms with Gasteiger partial charge in [-0.3, -0.25) is 9.69 Å². The highest BCUT2D eigenvalue weighted by Crippen LogP contribution is 2.18. The highest BCUT2D eigenvalue weighted by Gasteiger charge is 2.21. The van der Waals surface area contributed by atoms with Crippen molar-refractivity contribution in [1.29, 1.82) is 0 Å². The first-order chi connectivity index (χ1) is 12.8. The maximum Gasteiger partial charge on any atom is 0.306 e. The molecule has 0 aromatic heterocycles. The van der Waals surface area contributed by atoms with Gasteiger partial charge in [0.05, 0.1) is 13.0 Å². The molecule has 0 bridgehead atoms. The van der Waals surface area contributed by atoms with Gasteiger partial charge in [-0.2, -0.15) is 0 Å². The monoisotopic (exact) mass is 371 g/mol. The molecule has 5 heteroatoms. The second-order valence-corrected chi connectivity index (χ2v) is 7.48. The average Bonchev–Trinajstić information content (AvgIpc) is 2.68. The molecule has 0 amide bonds. The van der Waals surface area contributed by atoms with Crippen LogP contribution in [0.15, 0.2) is 65.6 Å². The van der Waals surface area contributed by atoms with E-state index in [4.69, 9.17) is 9.47 Å². The van der Waals surface area contributed by atoms with E-state index in [0.29, 0.717) is 19.6 Å². The Bertz CT molecular complexity index is 665. The molecule has 1 atom stereocenters. The van der Waals surface area contributed by atoms with Gasteiger partial charge in [-0.15, -0.1) is 11.8 Å². The van der Waals surface area contributed by atoms with Crippen molar-refractivity contribution in [3.63, 3.8) is 0 Å². The molecule has 26 heavy (non-hydrogen) atoms. The average molecular weight is 372 g/mol. The van der Waals surface area contributed by atoms with Crippen LogP contribution in [0.2, 0.25) is 0 Å². The van der Waals surface area contributed by atoms with Crippen LogP contribution >= 0.6 is 11.8 Å². The Morgan fingerprint density at radius 3 is 2.62 bits per heavy atom. The summed E-state index contributed by atoms with van der Waals surface area (Å²) in [4.78, 5) is 15.5. The van der Waals surface area contributed by atoms with E-state index in [0.717, 1.165) is 25.4 Å². The van der Waals surface area contributed by atoms with Gasteiger partial charge in [0.25, 0.3) is 0 Å². The lowest BCUT2D eigenvalue weighted by Crippen LogP contribution is -2.44. The standard InChI is InChI=1S/C21H25NO3S/c23-21(11-14-26-20-9-5-2-6-10-20)25-17-19-16-22(12-13-24-19)15-18-7-3-1-4-8-18/h1-10,19H,11-17H2. The molecule has 0 radical (unpaired) electrons. The molecule has 0 saturated carbocycles. The number of nitrogens with zero attached hydrogens (tertiary/aromatic N) is 1. The van der Waals surface area contributed by atoms with Crippen molar-refractivity contribution in [3.8, 4) is 0 Å². The summed E-state index contributed by atoms with van der Waals surface area (Å²) in [5.74, 6) is 0.575. The first-order valence-corrected chi connectivity index (χ1v) is 9.99. The number of hydrogen-bond donors (Lipinski definition) is 0. The number of thioether (sulfide) groups is 1. The van der Waals surface area contributed by atoms with E-state index in [2.05, 4.69) is 29.2 Å². The molecule has 1 unspecified atom stereocenters. The third kappa shape index (κ3) is 6.48. The molecule has 1 fully saturated rings. The maximum absolute atomic E-state index is 11.9. The summed E-state index contributed by atoms with van der Waals surface area (Å²) in [7, 11) is 0. The largest absolute Gasteiger partial charge is 0.463 e. The molecule has 0 N–H and O–H groups in total. The molecule has 3 rings (SSSR count). The topological polar surface area (TPSA) is 38.8 Å². The van der Waals surface area contributed by atoms with E-state index in [-0.39, 0.29) is 12.1 Å². The Balaban J connectivity index is 1.34. The predicted molar refractivity (Wildman–Crippen MR) is 104 cm³/mol. The molecular formula is C21H25NO3S. The summed E-state index contributed by atoms with van der Waals surface area (Å²) in [5, 5.41) is 0. The molecule has 0 spiro atoms. The van der Waals surface area contributed by atoms with Gasteiger partial charge in [-0.25, -0.2) is 0 Å². The number of ether oxygens (including phenoxy) is 2. The molecule has 1 heterocycles. The molecule has 2 aromatic carbocycles. The van der Waals surface area contributed by atoms with Crippen LogP contribution in [0, 0.1) is 0 Å². The Labute approximate surface area is 159 Å². The zero-order valence-corrected chi connectivity index (χ0v) is 15.7. The molecule has 1 aliphatic rings. The fourth-order valence-corrected chi connectivity index (χ4v) is 3.75. The predicted octanol–water partition coefficient (Wildman–Crippen LogP) is 3.61. The van der Waals surface area contributed by atoms with Crippen LogP contribution in [0.25, 0.3) is 0 Å². The normalized spacial score (nSPS) is 17.8. The second kappa shape index (κ2) is 10.4. The Kier molecular flexibility index (Phi) is 7.55. The van der Waals surface area contributed by atoms with Gasteiger partial charge in [0.1, 0.15) is 12.7 Å². The van der Waals surface area contributed by atoms with Gasteiger partial charge in [-0.05, 0) is 17.7 Å². The van der Waals surface area contributed by atoms with E-state index in [1.165, 1.54) is 10.5 Å². The number of carbonyl (C=O) groups is 1. The van der Waals surface area contributed by atoms with E-state index in [1.807, 2.05) is 36.4 Å². The van der Waals surface area contributed by atoms with Gasteiger partial charge in [0.15, 0.2) is 0 Å². The summed E-state index contributed by atoms with van der Waals surface area (Å²) in [5.41, 5.74) is 1.29. The van der Waals surface area contributed by atoms with Gasteiger partial charge in [0, 0.05) is 30.3 Å². The summed E-state index contributed by atoms with van der Waals surface area (Å²) in [6.45, 7) is 3.62. The lowest BCUT2D eigenvalue weighted by atomic mass is 10.2. The highest BCUT2D eigenvalue weighted by molar-refractivity contribution is 7.99. The van der Waals surface area contributed by atoms with Crippen molar-refractivity contribution in [3.05, 3.63) is 66.2 Å². The minimum atomic E-state index is -0.155. The van der Waals surface area contributed by atoms with E-state index >= 15 is 0 Å². The first-order valence-electron chi connectivity index (χ1n) is 9.01. The molecule has 2 aromatic rings. The molecule has 4 nitrogen and oxygen atoms in total. The summed E-state index contributed by atoms with van der Waals surface area (Å²) < 4.78 is 11.2. The zero-order valence-electron chi connectivity index (χ0n) is 14.9. The molecular weight excluding hydrogens is 346 g/mol. The van der Waals surface area contributed by atoms with E-state index in [9.17, 15) is 4.79 Å². The van der Waals surface area contributed by atoms with Crippen LogP contribution in [0.1, 0.15) is 12.0 Å². The van der Waals surface area contributed by atoms with Crippen LogP contribution in [-0.2, 0) is 20.8 Å². The Morgan fingerprint density at radius 2 is 1.85 bits per heavy atom. The van der Waals surface area contributed by atoms with Crippen molar-refractivity contribution in [2.75, 3.05) is 32.1 Å². The maximum atomic E-state index is 11.9. The van der Waals surface area contributed by atoms with Crippen molar-refractivity contribution >= 4 is 17.7 Å². The molecule has 138 valence electrons. The van der Waals surface area contributed by atoms with Gasteiger partial charge < -0.3 is 9.47 Å². The minimum Gasteiger partial charge on any atom is -0.463 e. The minimum absolute atomic E-state index is 0.0433. The van der Waals surface area contributed by atoms with E-state index in [1.54, 1.807) is 11.8 Å². The van der Waals surface area contributed by atoms with Crippen LogP contribution in [0.3, 0.4) is 0 Å². The zero-order chi connectivity index (χ0) is 18.0. The Hall–Kier alpha value is -1.82. The lowest BCUT2D eigenvalue weighted by molar-refractivity contribution is -0.150. The van der Waals surface area contributed by atoms with Crippen LogP contribution < -0.4 is 0 Å². The molecule has 1 aliphatic heterocycles. The van der Waals surface area contributed by atoms with Gasteiger partial charge in [-0.1, -0.05) is 48.5 Å². The number of rotatable bonds is 8. The van der Waals surface area contributed by atoms with E-state index < -0.39 is 0 Å². The van der Waals surface area contributed by atoms with Crippen molar-refractivity contribution in [2.45, 2.75) is 24.0 Å². The summed E-state index contributed by atoms with van der Waals surface area (Å²) in [6, 6.07) is 20.5. The van der Waals surface area contributed by atoms with Gasteiger partial charge >= 0.3 is 5.97 Å². The third-order valence-electron chi connectivity index (χ3n) is 4.22. The number of benzene rings is 2. The summed E-state index contributed by atoms with van der Waals surface area (Å²) in [6.07, 6.45) is 0.373. The third-order valence-corrected chi connectivity index (χ3v) is 5.23. The van der Waals surface area contributed by atoms with Crippen LogP contribution in [-0.4, -0.2) is 49.0 Å². The quantitative estimate of drug-likeness (QED) is 0.524. The Morgan fingerprint density at radius 1 is 1.12 bits per heavy atom. The van der Waals surface area contributed by atoms with Crippen LogP contribution in [0.4, 0.5) is 0 Å². The fraction of sp³-hybridized carbons (Fsp3) is 0.381. The number of hydrogen-bond acceptors (Lipinski definition) is 5. The van der Waals surface area contributed by atoms with Crippen LogP contribution in [0.5, 0.6) is 0 Å². The first kappa shape index (κ1) is 19.0. The lowest BCUT2D eigenvalue weighted by Gasteiger charge is -2.32. The van der Waals surface area contributed by atoms with Crippen molar-refractivity contribution in [2.24, 2.45) is 0 Å². The SMILES string of the molecule is O=C(CCSc1ccccc1)OCC1CN(Cc2ccccc2)CCO1. The van der Waals surface area contributed by atoms with Crippen molar-refractivity contribution in [1.82, 2.24) is 4.90 Å². The number of esters is 1. The fourth-order valence-electron chi connectivity index (χ4n) is 2.89. The second-order valence-electron chi connectivity index (χ2n) is 6.31. The number of carbonyl (C=O) groups excluding carboxylic acids is 1. The van der Waals surface area contributed by atoms with Crippen molar-refractivity contribution < 1.29 is 14.3 Å². The highest BCUT2D eigenvalue weighted by atomic mass is 32.2. The molecule has 0 aliphatic carbocycles.